The predicted molar refractivity (Wildman–Crippen MR) is 117 cm³/mol. The minimum Gasteiger partial charge on any atom is -0.482 e. The molecule has 1 saturated heterocycles. The number of hydrogen-bond acceptors (Lipinski definition) is 5. The first-order chi connectivity index (χ1) is 14.7. The summed E-state index contributed by atoms with van der Waals surface area (Å²) in [6.07, 6.45) is 1.21. The summed E-state index contributed by atoms with van der Waals surface area (Å²) in [7, 11) is -3.82. The van der Waals surface area contributed by atoms with Crippen LogP contribution in [0.3, 0.4) is 0 Å². The zero-order valence-corrected chi connectivity index (χ0v) is 18.3. The van der Waals surface area contributed by atoms with Crippen LogP contribution in [0.25, 0.3) is 0 Å². The van der Waals surface area contributed by atoms with Crippen molar-refractivity contribution in [2.75, 3.05) is 30.3 Å². The number of piperidine rings is 1. The van der Waals surface area contributed by atoms with Gasteiger partial charge in [-0.15, -0.1) is 0 Å². The van der Waals surface area contributed by atoms with E-state index < -0.39 is 15.9 Å². The molecule has 31 heavy (non-hydrogen) atoms. The second kappa shape index (κ2) is 8.32. The molecule has 9 heteroatoms. The molecule has 2 aliphatic heterocycles. The van der Waals surface area contributed by atoms with Crippen molar-refractivity contribution in [3.8, 4) is 5.75 Å². The second-order valence-electron chi connectivity index (χ2n) is 7.99. The fraction of sp³-hybridized carbons (Fsp3) is 0.364. The smallest absolute Gasteiger partial charge is 0.262 e. The molecule has 4 rings (SSSR count). The Morgan fingerprint density at radius 1 is 1.16 bits per heavy atom. The van der Waals surface area contributed by atoms with Crippen LogP contribution in [0.1, 0.15) is 24.0 Å². The number of ether oxygens (including phenoxy) is 1. The average Bonchev–Trinajstić information content (AvgIpc) is 2.75. The third-order valence-electron chi connectivity index (χ3n) is 5.75. The van der Waals surface area contributed by atoms with Crippen molar-refractivity contribution in [3.05, 3.63) is 47.5 Å². The lowest BCUT2D eigenvalue weighted by Crippen LogP contribution is -2.43. The van der Waals surface area contributed by atoms with Gasteiger partial charge in [0.15, 0.2) is 6.61 Å². The van der Waals surface area contributed by atoms with Gasteiger partial charge < -0.3 is 15.4 Å². The van der Waals surface area contributed by atoms with Gasteiger partial charge in [0.05, 0.1) is 16.5 Å². The Balaban J connectivity index is 1.49. The number of carbonyl (C=O) groups excluding carboxylic acids is 2. The normalized spacial score (nSPS) is 19.2. The van der Waals surface area contributed by atoms with E-state index in [0.717, 1.165) is 11.1 Å². The summed E-state index contributed by atoms with van der Waals surface area (Å²) in [5.41, 5.74) is 3.26. The Bertz CT molecular complexity index is 1150. The number of sulfonamides is 1. The Kier molecular flexibility index (Phi) is 5.72. The third-order valence-corrected chi connectivity index (χ3v) is 7.61. The Hall–Kier alpha value is -2.91. The van der Waals surface area contributed by atoms with Crippen molar-refractivity contribution in [1.29, 1.82) is 0 Å². The maximum atomic E-state index is 13.2. The van der Waals surface area contributed by atoms with Gasteiger partial charge in [-0.05, 0) is 68.1 Å². The summed E-state index contributed by atoms with van der Waals surface area (Å²) in [6.45, 7) is 4.34. The van der Waals surface area contributed by atoms with Gasteiger partial charge in [-0.25, -0.2) is 8.42 Å². The molecule has 2 aromatic rings. The van der Waals surface area contributed by atoms with Gasteiger partial charge >= 0.3 is 0 Å². The summed E-state index contributed by atoms with van der Waals surface area (Å²) >= 11 is 0. The van der Waals surface area contributed by atoms with Crippen molar-refractivity contribution in [1.82, 2.24) is 4.31 Å². The highest BCUT2D eigenvalue weighted by Crippen LogP contribution is 2.32. The lowest BCUT2D eigenvalue weighted by Gasteiger charge is -2.31. The number of carbonyl (C=O) groups is 2. The average molecular weight is 444 g/mol. The number of aryl methyl sites for hydroxylation is 2. The molecule has 2 aliphatic rings. The third kappa shape index (κ3) is 4.42. The molecule has 164 valence electrons. The van der Waals surface area contributed by atoms with Crippen LogP contribution in [0, 0.1) is 19.8 Å². The fourth-order valence-corrected chi connectivity index (χ4v) is 5.36. The summed E-state index contributed by atoms with van der Waals surface area (Å²) < 4.78 is 33.0. The fourth-order valence-electron chi connectivity index (χ4n) is 3.81. The molecular formula is C22H25N3O5S. The van der Waals surface area contributed by atoms with Crippen LogP contribution in [0.2, 0.25) is 0 Å². The lowest BCUT2D eigenvalue weighted by molar-refractivity contribution is -0.121. The standard InChI is InChI=1S/C22H25N3O5S/c1-14-5-6-17(10-15(14)2)23-22(27)16-4-3-9-25(12-16)31(28,29)18-7-8-20-19(11-18)24-21(26)13-30-20/h5-8,10-11,16H,3-4,9,12-13H2,1-2H3,(H,23,27)(H,24,26)/t16-/m0/s1. The van der Waals surface area contributed by atoms with Gasteiger partial charge in [0.25, 0.3) is 5.91 Å². The van der Waals surface area contributed by atoms with Gasteiger partial charge in [0.2, 0.25) is 15.9 Å². The first-order valence-electron chi connectivity index (χ1n) is 10.2. The highest BCUT2D eigenvalue weighted by molar-refractivity contribution is 7.89. The van der Waals surface area contributed by atoms with Gasteiger partial charge in [0, 0.05) is 18.8 Å². The van der Waals surface area contributed by atoms with Crippen molar-refractivity contribution in [2.24, 2.45) is 5.92 Å². The molecule has 0 aromatic heterocycles. The van der Waals surface area contributed by atoms with Crippen LogP contribution >= 0.6 is 0 Å². The minimum absolute atomic E-state index is 0.0623. The van der Waals surface area contributed by atoms with E-state index in [2.05, 4.69) is 10.6 Å². The van der Waals surface area contributed by atoms with Crippen molar-refractivity contribution >= 4 is 33.2 Å². The lowest BCUT2D eigenvalue weighted by atomic mass is 9.98. The van der Waals surface area contributed by atoms with E-state index in [4.69, 9.17) is 4.74 Å². The molecule has 0 unspecified atom stereocenters. The van der Waals surface area contributed by atoms with Gasteiger partial charge in [0.1, 0.15) is 5.75 Å². The molecule has 0 aliphatic carbocycles. The highest BCUT2D eigenvalue weighted by Gasteiger charge is 2.34. The van der Waals surface area contributed by atoms with Crippen molar-refractivity contribution < 1.29 is 22.7 Å². The van der Waals surface area contributed by atoms with E-state index in [-0.39, 0.29) is 29.9 Å². The van der Waals surface area contributed by atoms with Crippen LogP contribution in [-0.2, 0) is 19.6 Å². The maximum absolute atomic E-state index is 13.2. The molecule has 2 heterocycles. The topological polar surface area (TPSA) is 105 Å². The number of nitrogens with zero attached hydrogens (tertiary/aromatic N) is 1. The second-order valence-corrected chi connectivity index (χ2v) is 9.92. The number of hydrogen-bond donors (Lipinski definition) is 2. The number of benzene rings is 2. The summed E-state index contributed by atoms with van der Waals surface area (Å²) in [5.74, 6) is -0.522. The first kappa shape index (κ1) is 21.3. The predicted octanol–water partition coefficient (Wildman–Crippen LogP) is 2.67. The monoisotopic (exact) mass is 443 g/mol. The van der Waals surface area contributed by atoms with Crippen LogP contribution in [0.5, 0.6) is 5.75 Å². The molecule has 0 saturated carbocycles. The molecule has 1 fully saturated rings. The van der Waals surface area contributed by atoms with Crippen LogP contribution in [0.15, 0.2) is 41.3 Å². The molecule has 2 amide bonds. The zero-order valence-electron chi connectivity index (χ0n) is 17.5. The molecular weight excluding hydrogens is 418 g/mol. The Labute approximate surface area is 181 Å². The number of amides is 2. The quantitative estimate of drug-likeness (QED) is 0.756. The first-order valence-corrected chi connectivity index (χ1v) is 11.6. The molecule has 2 aromatic carbocycles. The molecule has 0 spiro atoms. The van der Waals surface area contributed by atoms with Crippen LogP contribution < -0.4 is 15.4 Å². The molecule has 0 radical (unpaired) electrons. The number of fused-ring (bicyclic) bond motifs is 1. The Morgan fingerprint density at radius 3 is 2.74 bits per heavy atom. The van der Waals surface area contributed by atoms with E-state index in [9.17, 15) is 18.0 Å². The SMILES string of the molecule is Cc1ccc(NC(=O)[C@H]2CCCN(S(=O)(=O)c3ccc4c(c3)NC(=O)CO4)C2)cc1C. The van der Waals surface area contributed by atoms with Crippen LogP contribution in [-0.4, -0.2) is 44.2 Å². The summed E-state index contributed by atoms with van der Waals surface area (Å²) in [4.78, 5) is 24.4. The Morgan fingerprint density at radius 2 is 1.97 bits per heavy atom. The minimum atomic E-state index is -3.82. The zero-order chi connectivity index (χ0) is 22.2. The molecule has 2 N–H and O–H groups in total. The van der Waals surface area contributed by atoms with Crippen molar-refractivity contribution in [2.45, 2.75) is 31.6 Å². The molecule has 8 nitrogen and oxygen atoms in total. The van der Waals surface area contributed by atoms with E-state index in [0.29, 0.717) is 36.5 Å². The van der Waals surface area contributed by atoms with E-state index in [1.807, 2.05) is 32.0 Å². The van der Waals surface area contributed by atoms with Gasteiger partial charge in [-0.1, -0.05) is 6.07 Å². The number of nitrogens with one attached hydrogen (secondary N) is 2. The van der Waals surface area contributed by atoms with Gasteiger partial charge in [-0.3, -0.25) is 9.59 Å². The van der Waals surface area contributed by atoms with E-state index in [1.54, 1.807) is 0 Å². The number of anilines is 2. The summed E-state index contributed by atoms with van der Waals surface area (Å²) in [5, 5.41) is 5.54. The van der Waals surface area contributed by atoms with E-state index in [1.165, 1.54) is 22.5 Å². The molecule has 0 bridgehead atoms. The van der Waals surface area contributed by atoms with Crippen molar-refractivity contribution in [3.63, 3.8) is 0 Å². The van der Waals surface area contributed by atoms with Crippen LogP contribution in [0.4, 0.5) is 11.4 Å². The largest absolute Gasteiger partial charge is 0.482 e. The highest BCUT2D eigenvalue weighted by atomic mass is 32.2. The maximum Gasteiger partial charge on any atom is 0.262 e. The number of rotatable bonds is 4. The molecule has 1 atom stereocenters. The van der Waals surface area contributed by atoms with Gasteiger partial charge in [-0.2, -0.15) is 4.31 Å². The van der Waals surface area contributed by atoms with E-state index >= 15 is 0 Å². The summed E-state index contributed by atoms with van der Waals surface area (Å²) in [6, 6.07) is 10.1.